The average molecular weight is 370 g/mol. The summed E-state index contributed by atoms with van der Waals surface area (Å²) in [5.41, 5.74) is 12.7. The largest absolute Gasteiger partial charge is 0.397 e. The third kappa shape index (κ3) is 3.88. The first kappa shape index (κ1) is 17.8. The van der Waals surface area contributed by atoms with E-state index in [-0.39, 0.29) is 5.56 Å². The van der Waals surface area contributed by atoms with Gasteiger partial charge in [-0.1, -0.05) is 60.2 Å². The highest BCUT2D eigenvalue weighted by Crippen LogP contribution is 2.24. The number of nitrogen functional groups attached to an aromatic ring is 1. The number of nitrogens with two attached hydrogens (primary N) is 1. The van der Waals surface area contributed by atoms with Crippen molar-refractivity contribution in [1.82, 2.24) is 9.97 Å². The third-order valence-electron chi connectivity index (χ3n) is 4.75. The molecule has 0 spiro atoms. The Labute approximate surface area is 163 Å². The lowest BCUT2D eigenvalue weighted by Crippen LogP contribution is -2.16. The Hall–Kier alpha value is -3.60. The van der Waals surface area contributed by atoms with Crippen LogP contribution < -0.4 is 16.6 Å². The number of aromatic amines is 1. The molecule has 0 atom stereocenters. The van der Waals surface area contributed by atoms with Crippen LogP contribution in [0.4, 0.5) is 11.4 Å². The van der Waals surface area contributed by atoms with E-state index in [1.165, 1.54) is 11.1 Å². The molecule has 0 aliphatic rings. The number of benzene rings is 3. The highest BCUT2D eigenvalue weighted by atomic mass is 16.1. The second-order valence-corrected chi connectivity index (χ2v) is 6.97. The summed E-state index contributed by atoms with van der Waals surface area (Å²) in [5.74, 6) is 0. The zero-order chi connectivity index (χ0) is 19.5. The maximum absolute atomic E-state index is 12.4. The number of aromatic nitrogens is 2. The van der Waals surface area contributed by atoms with Crippen molar-refractivity contribution in [2.75, 3.05) is 11.1 Å². The summed E-state index contributed by atoms with van der Waals surface area (Å²) in [6.45, 7) is 2.73. The van der Waals surface area contributed by atoms with Gasteiger partial charge in [0.15, 0.2) is 0 Å². The fraction of sp³-hybridized carbons (Fsp3) is 0.130. The van der Waals surface area contributed by atoms with Gasteiger partial charge in [0.1, 0.15) is 5.69 Å². The molecule has 0 amide bonds. The van der Waals surface area contributed by atoms with Gasteiger partial charge in [-0.15, -0.1) is 0 Å². The molecule has 0 saturated heterocycles. The van der Waals surface area contributed by atoms with E-state index in [9.17, 15) is 4.79 Å². The Balaban J connectivity index is 1.63. The van der Waals surface area contributed by atoms with Gasteiger partial charge in [0.05, 0.1) is 22.4 Å². The van der Waals surface area contributed by atoms with Crippen molar-refractivity contribution in [2.45, 2.75) is 19.9 Å². The summed E-state index contributed by atoms with van der Waals surface area (Å²) < 4.78 is 0. The van der Waals surface area contributed by atoms with Gasteiger partial charge < -0.3 is 16.0 Å². The topological polar surface area (TPSA) is 83.8 Å². The maximum atomic E-state index is 12.4. The Morgan fingerprint density at radius 3 is 2.50 bits per heavy atom. The summed E-state index contributed by atoms with van der Waals surface area (Å²) in [5, 5.41) is 3.37. The highest BCUT2D eigenvalue weighted by Gasteiger charge is 2.09. The van der Waals surface area contributed by atoms with Crippen LogP contribution in [0.15, 0.2) is 71.5 Å². The first-order chi connectivity index (χ1) is 13.6. The molecule has 0 bridgehead atoms. The molecule has 28 heavy (non-hydrogen) atoms. The smallest absolute Gasteiger partial charge is 0.270 e. The van der Waals surface area contributed by atoms with Gasteiger partial charge in [-0.3, -0.25) is 4.79 Å². The molecule has 0 unspecified atom stereocenters. The van der Waals surface area contributed by atoms with E-state index in [1.807, 2.05) is 36.4 Å². The van der Waals surface area contributed by atoms with Gasteiger partial charge in [-0.2, -0.15) is 0 Å². The van der Waals surface area contributed by atoms with Crippen molar-refractivity contribution in [3.05, 3.63) is 99.5 Å². The summed E-state index contributed by atoms with van der Waals surface area (Å²) in [6, 6.07) is 21.8. The van der Waals surface area contributed by atoms with Crippen LogP contribution in [0.1, 0.15) is 22.4 Å². The van der Waals surface area contributed by atoms with E-state index in [4.69, 9.17) is 5.73 Å². The zero-order valence-corrected chi connectivity index (χ0v) is 15.7. The summed E-state index contributed by atoms with van der Waals surface area (Å²) in [7, 11) is 0. The molecular formula is C23H22N4O. The quantitative estimate of drug-likeness (QED) is 0.463. The molecule has 4 aromatic rings. The van der Waals surface area contributed by atoms with E-state index >= 15 is 0 Å². The van der Waals surface area contributed by atoms with Gasteiger partial charge in [0.25, 0.3) is 5.56 Å². The van der Waals surface area contributed by atoms with Gasteiger partial charge in [-0.05, 0) is 30.2 Å². The minimum atomic E-state index is -0.184. The Morgan fingerprint density at radius 2 is 1.75 bits per heavy atom. The fourth-order valence-corrected chi connectivity index (χ4v) is 3.15. The number of aryl methyl sites for hydroxylation is 1. The minimum Gasteiger partial charge on any atom is -0.397 e. The second kappa shape index (κ2) is 7.56. The predicted molar refractivity (Wildman–Crippen MR) is 115 cm³/mol. The lowest BCUT2D eigenvalue weighted by molar-refractivity contribution is 1.03. The standard InChI is InChI=1S/C23H22N4O/c1-15-7-9-17(10-8-15)14-25-19-13-21-20(12-18(19)24)27-23(28)22(26-21)11-16-5-3-2-4-6-16/h2-10,12-13,25H,11,14,24H2,1H3,(H,27,28). The van der Waals surface area contributed by atoms with Crippen LogP contribution in [0.3, 0.4) is 0 Å². The highest BCUT2D eigenvalue weighted by molar-refractivity contribution is 5.86. The van der Waals surface area contributed by atoms with Crippen molar-refractivity contribution in [3.63, 3.8) is 0 Å². The van der Waals surface area contributed by atoms with Crippen LogP contribution in [-0.2, 0) is 13.0 Å². The maximum Gasteiger partial charge on any atom is 0.270 e. The number of H-pyrrole nitrogens is 1. The van der Waals surface area contributed by atoms with Gasteiger partial charge >= 0.3 is 0 Å². The molecule has 0 saturated carbocycles. The Bertz CT molecular complexity index is 1170. The van der Waals surface area contributed by atoms with Crippen molar-refractivity contribution in [2.24, 2.45) is 0 Å². The molecule has 1 heterocycles. The lowest BCUT2D eigenvalue weighted by atomic mass is 10.1. The number of anilines is 2. The van der Waals surface area contributed by atoms with Crippen LogP contribution in [0.2, 0.25) is 0 Å². The Morgan fingerprint density at radius 1 is 1.00 bits per heavy atom. The minimum absolute atomic E-state index is 0.184. The number of hydrogen-bond donors (Lipinski definition) is 3. The van der Waals surface area contributed by atoms with Gasteiger partial charge in [0, 0.05) is 13.0 Å². The van der Waals surface area contributed by atoms with Crippen molar-refractivity contribution in [1.29, 1.82) is 0 Å². The zero-order valence-electron chi connectivity index (χ0n) is 15.7. The predicted octanol–water partition coefficient (Wildman–Crippen LogP) is 4.02. The van der Waals surface area contributed by atoms with Crippen LogP contribution in [0.25, 0.3) is 11.0 Å². The second-order valence-electron chi connectivity index (χ2n) is 6.97. The van der Waals surface area contributed by atoms with E-state index in [1.54, 1.807) is 6.07 Å². The first-order valence-electron chi connectivity index (χ1n) is 9.24. The summed E-state index contributed by atoms with van der Waals surface area (Å²) in [4.78, 5) is 19.9. The first-order valence-corrected chi connectivity index (χ1v) is 9.24. The third-order valence-corrected chi connectivity index (χ3v) is 4.75. The molecule has 0 aliphatic carbocycles. The number of fused-ring (bicyclic) bond motifs is 1. The molecule has 3 aromatic carbocycles. The molecule has 5 heteroatoms. The molecule has 140 valence electrons. The van der Waals surface area contributed by atoms with Crippen molar-refractivity contribution >= 4 is 22.4 Å². The van der Waals surface area contributed by atoms with Gasteiger partial charge in [0.2, 0.25) is 0 Å². The molecule has 0 fully saturated rings. The molecular weight excluding hydrogens is 348 g/mol. The van der Waals surface area contributed by atoms with Gasteiger partial charge in [-0.25, -0.2) is 4.98 Å². The van der Waals surface area contributed by atoms with Crippen LogP contribution in [0, 0.1) is 6.92 Å². The normalized spacial score (nSPS) is 10.9. The van der Waals surface area contributed by atoms with Crippen LogP contribution >= 0.6 is 0 Å². The van der Waals surface area contributed by atoms with E-state index in [2.05, 4.69) is 46.5 Å². The molecule has 1 aromatic heterocycles. The lowest BCUT2D eigenvalue weighted by Gasteiger charge is -2.11. The SMILES string of the molecule is Cc1ccc(CNc2cc3nc(Cc4ccccc4)c(=O)[nH]c3cc2N)cc1. The van der Waals surface area contributed by atoms with Crippen molar-refractivity contribution < 1.29 is 0 Å². The van der Waals surface area contributed by atoms with Crippen molar-refractivity contribution in [3.8, 4) is 0 Å². The number of hydrogen-bond acceptors (Lipinski definition) is 4. The molecule has 5 nitrogen and oxygen atoms in total. The summed E-state index contributed by atoms with van der Waals surface area (Å²) >= 11 is 0. The Kier molecular flexibility index (Phi) is 4.81. The number of nitrogens with one attached hydrogen (secondary N) is 2. The molecule has 0 radical (unpaired) electrons. The molecule has 4 rings (SSSR count). The summed E-state index contributed by atoms with van der Waals surface area (Å²) in [6.07, 6.45) is 0.489. The number of nitrogens with zero attached hydrogens (tertiary/aromatic N) is 1. The molecule has 0 aliphatic heterocycles. The van der Waals surface area contributed by atoms with E-state index in [0.29, 0.717) is 35.4 Å². The molecule has 4 N–H and O–H groups in total. The number of rotatable bonds is 5. The average Bonchev–Trinajstić information content (AvgIpc) is 2.69. The van der Waals surface area contributed by atoms with Crippen LogP contribution in [-0.4, -0.2) is 9.97 Å². The van der Waals surface area contributed by atoms with E-state index < -0.39 is 0 Å². The monoisotopic (exact) mass is 370 g/mol. The fourth-order valence-electron chi connectivity index (χ4n) is 3.15. The van der Waals surface area contributed by atoms with E-state index in [0.717, 1.165) is 11.3 Å². The van der Waals surface area contributed by atoms with Crippen LogP contribution in [0.5, 0.6) is 0 Å².